The van der Waals surface area contributed by atoms with Crippen molar-refractivity contribution in [2.24, 2.45) is 4.99 Å². The van der Waals surface area contributed by atoms with Gasteiger partial charge in [0.2, 0.25) is 5.88 Å². The summed E-state index contributed by atoms with van der Waals surface area (Å²) < 4.78 is 7.13. The second-order valence-electron chi connectivity index (χ2n) is 5.89. The van der Waals surface area contributed by atoms with Gasteiger partial charge in [0, 0.05) is 12.6 Å². The maximum Gasteiger partial charge on any atom is 0.329 e. The molecule has 1 aliphatic rings. The Morgan fingerprint density at radius 3 is 2.84 bits per heavy atom. The quantitative estimate of drug-likeness (QED) is 0.452. The minimum atomic E-state index is -0.700. The maximum atomic E-state index is 12.5. The van der Waals surface area contributed by atoms with Crippen molar-refractivity contribution in [1.82, 2.24) is 4.57 Å². The van der Waals surface area contributed by atoms with E-state index in [-0.39, 0.29) is 12.5 Å². The minimum Gasteiger partial charge on any atom is -0.493 e. The van der Waals surface area contributed by atoms with Crippen LogP contribution in [0.4, 0.5) is 0 Å². The van der Waals surface area contributed by atoms with Gasteiger partial charge in [-0.1, -0.05) is 41.7 Å². The van der Waals surface area contributed by atoms with Crippen LogP contribution in [0.2, 0.25) is 0 Å². The Morgan fingerprint density at radius 2 is 2.20 bits per heavy atom. The Hall–Kier alpha value is -1.99. The van der Waals surface area contributed by atoms with E-state index in [9.17, 15) is 9.90 Å². The van der Waals surface area contributed by atoms with Gasteiger partial charge in [0.25, 0.3) is 0 Å². The SMILES string of the molecule is CCOC(=O)C(Cc1ccccc1)n1c(O)c(C=NC2CC2)sc1=S. The summed E-state index contributed by atoms with van der Waals surface area (Å²) in [6.45, 7) is 2.04. The highest BCUT2D eigenvalue weighted by Crippen LogP contribution is 2.32. The summed E-state index contributed by atoms with van der Waals surface area (Å²) in [6, 6.07) is 9.28. The van der Waals surface area contributed by atoms with Crippen LogP contribution >= 0.6 is 23.6 Å². The molecule has 1 saturated carbocycles. The summed E-state index contributed by atoms with van der Waals surface area (Å²) >= 11 is 6.66. The van der Waals surface area contributed by atoms with Crippen molar-refractivity contribution in [3.8, 4) is 5.88 Å². The molecule has 0 spiro atoms. The molecular formula is C18H20N2O3S2. The van der Waals surface area contributed by atoms with Crippen LogP contribution in [0.3, 0.4) is 0 Å². The van der Waals surface area contributed by atoms with Crippen LogP contribution in [0, 0.1) is 3.95 Å². The van der Waals surface area contributed by atoms with Crippen molar-refractivity contribution in [3.63, 3.8) is 0 Å². The highest BCUT2D eigenvalue weighted by molar-refractivity contribution is 7.73. The molecule has 0 saturated heterocycles. The number of ether oxygens (including phenoxy) is 1. The second-order valence-corrected chi connectivity index (χ2v) is 7.57. The van der Waals surface area contributed by atoms with Crippen LogP contribution in [-0.4, -0.2) is 34.5 Å². The smallest absolute Gasteiger partial charge is 0.329 e. The van der Waals surface area contributed by atoms with Gasteiger partial charge < -0.3 is 9.84 Å². The monoisotopic (exact) mass is 376 g/mol. The van der Waals surface area contributed by atoms with E-state index in [0.29, 0.717) is 21.3 Å². The standard InChI is InChI=1S/C18H20N2O3S2/c1-2-23-17(22)14(10-12-6-4-3-5-7-12)20-16(21)15(25-18(20)24)11-19-13-8-9-13/h3-7,11,13-14,21H,2,8-10H2,1H3. The molecule has 1 aliphatic carbocycles. The van der Waals surface area contributed by atoms with Crippen molar-refractivity contribution < 1.29 is 14.6 Å². The number of carbonyl (C=O) groups excluding carboxylic acids is 1. The van der Waals surface area contributed by atoms with Crippen molar-refractivity contribution in [2.45, 2.75) is 38.3 Å². The number of thiazole rings is 1. The fourth-order valence-electron chi connectivity index (χ4n) is 2.51. The van der Waals surface area contributed by atoms with Crippen LogP contribution in [0.25, 0.3) is 0 Å². The molecule has 1 atom stereocenters. The summed E-state index contributed by atoms with van der Waals surface area (Å²) in [5, 5.41) is 10.6. The Bertz CT molecular complexity index is 823. The van der Waals surface area contributed by atoms with Gasteiger partial charge >= 0.3 is 5.97 Å². The summed E-state index contributed by atoms with van der Waals surface area (Å²) in [4.78, 5) is 17.5. The average Bonchev–Trinajstić information content (AvgIpc) is 3.39. The first-order chi connectivity index (χ1) is 12.1. The number of rotatable bonds is 7. The van der Waals surface area contributed by atoms with Crippen LogP contribution in [0.1, 0.15) is 36.2 Å². The van der Waals surface area contributed by atoms with Gasteiger partial charge in [0.15, 0.2) is 3.95 Å². The zero-order chi connectivity index (χ0) is 17.8. The molecule has 25 heavy (non-hydrogen) atoms. The lowest BCUT2D eigenvalue weighted by atomic mass is 10.1. The molecule has 5 nitrogen and oxygen atoms in total. The predicted octanol–water partition coefficient (Wildman–Crippen LogP) is 3.91. The molecule has 1 unspecified atom stereocenters. The maximum absolute atomic E-state index is 12.5. The zero-order valence-electron chi connectivity index (χ0n) is 13.9. The first kappa shape index (κ1) is 17.8. The highest BCUT2D eigenvalue weighted by Gasteiger charge is 2.27. The van der Waals surface area contributed by atoms with E-state index >= 15 is 0 Å². The summed E-state index contributed by atoms with van der Waals surface area (Å²) in [5.74, 6) is -0.422. The van der Waals surface area contributed by atoms with E-state index in [0.717, 1.165) is 18.4 Å². The minimum absolute atomic E-state index is 0.0200. The van der Waals surface area contributed by atoms with Gasteiger partial charge in [-0.2, -0.15) is 0 Å². The van der Waals surface area contributed by atoms with Gasteiger partial charge in [-0.25, -0.2) is 4.79 Å². The van der Waals surface area contributed by atoms with E-state index in [1.807, 2.05) is 30.3 Å². The first-order valence-corrected chi connectivity index (χ1v) is 9.50. The molecule has 1 N–H and O–H groups in total. The molecule has 2 aromatic rings. The third kappa shape index (κ3) is 4.35. The topological polar surface area (TPSA) is 63.8 Å². The Morgan fingerprint density at radius 1 is 1.48 bits per heavy atom. The average molecular weight is 377 g/mol. The number of aromatic hydroxyl groups is 1. The summed E-state index contributed by atoms with van der Waals surface area (Å²) in [6.07, 6.45) is 4.23. The molecule has 1 heterocycles. The molecule has 132 valence electrons. The van der Waals surface area contributed by atoms with E-state index in [4.69, 9.17) is 17.0 Å². The summed E-state index contributed by atoms with van der Waals surface area (Å²) in [7, 11) is 0. The van der Waals surface area contributed by atoms with Gasteiger partial charge in [0.05, 0.1) is 12.6 Å². The fraction of sp³-hybridized carbons (Fsp3) is 0.389. The Balaban J connectivity index is 1.94. The number of aromatic nitrogens is 1. The number of hydrogen-bond acceptors (Lipinski definition) is 6. The fourth-order valence-corrected chi connectivity index (χ4v) is 3.79. The van der Waals surface area contributed by atoms with Crippen molar-refractivity contribution in [1.29, 1.82) is 0 Å². The Labute approximate surface area is 155 Å². The molecule has 3 rings (SSSR count). The lowest BCUT2D eigenvalue weighted by molar-refractivity contribution is -0.147. The number of hydrogen-bond donors (Lipinski definition) is 1. The molecule has 0 aliphatic heterocycles. The Kier molecular flexibility index (Phi) is 5.65. The first-order valence-electron chi connectivity index (χ1n) is 8.28. The molecule has 1 aromatic heterocycles. The van der Waals surface area contributed by atoms with E-state index in [1.165, 1.54) is 15.9 Å². The summed E-state index contributed by atoms with van der Waals surface area (Å²) in [5.41, 5.74) is 0.973. The molecule has 0 radical (unpaired) electrons. The van der Waals surface area contributed by atoms with Crippen LogP contribution in [-0.2, 0) is 16.0 Å². The third-order valence-corrected chi connectivity index (χ3v) is 5.26. The van der Waals surface area contributed by atoms with Crippen LogP contribution < -0.4 is 0 Å². The molecule has 0 bridgehead atoms. The van der Waals surface area contributed by atoms with E-state index in [1.54, 1.807) is 13.1 Å². The second kappa shape index (κ2) is 7.93. The van der Waals surface area contributed by atoms with Crippen molar-refractivity contribution in [3.05, 3.63) is 44.7 Å². The normalized spacial score (nSPS) is 15.4. The number of esters is 1. The largest absolute Gasteiger partial charge is 0.493 e. The van der Waals surface area contributed by atoms with Crippen LogP contribution in [0.15, 0.2) is 35.3 Å². The van der Waals surface area contributed by atoms with Crippen molar-refractivity contribution >= 4 is 35.7 Å². The van der Waals surface area contributed by atoms with Gasteiger partial charge in [-0.3, -0.25) is 9.56 Å². The van der Waals surface area contributed by atoms with E-state index in [2.05, 4.69) is 4.99 Å². The highest BCUT2D eigenvalue weighted by atomic mass is 32.1. The lowest BCUT2D eigenvalue weighted by Gasteiger charge is -2.18. The predicted molar refractivity (Wildman–Crippen MR) is 101 cm³/mol. The van der Waals surface area contributed by atoms with Gasteiger partial charge in [0.1, 0.15) is 10.9 Å². The molecule has 1 fully saturated rings. The molecule has 1 aromatic carbocycles. The number of nitrogens with zero attached hydrogens (tertiary/aromatic N) is 2. The lowest BCUT2D eigenvalue weighted by Crippen LogP contribution is -2.24. The molecule has 0 amide bonds. The number of benzene rings is 1. The molecular weight excluding hydrogens is 356 g/mol. The number of carbonyl (C=O) groups is 1. The zero-order valence-corrected chi connectivity index (χ0v) is 15.6. The van der Waals surface area contributed by atoms with Gasteiger partial charge in [-0.15, -0.1) is 0 Å². The van der Waals surface area contributed by atoms with Gasteiger partial charge in [-0.05, 0) is 37.5 Å². The van der Waals surface area contributed by atoms with Crippen LogP contribution in [0.5, 0.6) is 5.88 Å². The molecule has 7 heteroatoms. The number of aliphatic imine (C=N–C) groups is 1. The van der Waals surface area contributed by atoms with E-state index < -0.39 is 12.0 Å². The third-order valence-electron chi connectivity index (χ3n) is 3.93. The van der Waals surface area contributed by atoms with Crippen molar-refractivity contribution in [2.75, 3.05) is 6.61 Å².